The molecular weight excluding hydrogens is 365 g/mol. The van der Waals surface area contributed by atoms with Gasteiger partial charge in [0, 0.05) is 0 Å². The Morgan fingerprint density at radius 2 is 2.04 bits per heavy atom. The lowest BCUT2D eigenvalue weighted by Gasteiger charge is -2.09. The molecule has 0 saturated carbocycles. The van der Waals surface area contributed by atoms with Crippen molar-refractivity contribution in [3.63, 3.8) is 0 Å². The van der Waals surface area contributed by atoms with Crippen molar-refractivity contribution in [1.29, 1.82) is 0 Å². The average Bonchev–Trinajstić information content (AvgIpc) is 2.96. The highest BCUT2D eigenvalue weighted by Gasteiger charge is 2.23. The number of thiazole rings is 1. The van der Waals surface area contributed by atoms with Crippen molar-refractivity contribution in [3.8, 4) is 0 Å². The zero-order chi connectivity index (χ0) is 17.7. The lowest BCUT2D eigenvalue weighted by Crippen LogP contribution is -2.19. The number of benzene rings is 2. The van der Waals surface area contributed by atoms with Crippen LogP contribution in [0.2, 0.25) is 5.02 Å². The lowest BCUT2D eigenvalue weighted by molar-refractivity contribution is 0.0527. The fraction of sp³-hybridized carbons (Fsp3) is 0.111. The number of nitrogens with zero attached hydrogens (tertiary/aromatic N) is 1. The van der Waals surface area contributed by atoms with E-state index in [9.17, 15) is 14.0 Å². The summed E-state index contributed by atoms with van der Waals surface area (Å²) in [6.07, 6.45) is 0. The predicted octanol–water partition coefficient (Wildman–Crippen LogP) is 4.64. The summed E-state index contributed by atoms with van der Waals surface area (Å²) in [6, 6.07) is 9.97. The van der Waals surface area contributed by atoms with Crippen LogP contribution in [0.4, 0.5) is 4.39 Å². The maximum atomic E-state index is 14.0. The van der Waals surface area contributed by atoms with Crippen LogP contribution in [0.25, 0.3) is 25.9 Å². The van der Waals surface area contributed by atoms with E-state index >= 15 is 0 Å². The molecule has 2 heterocycles. The van der Waals surface area contributed by atoms with Gasteiger partial charge in [-0.05, 0) is 31.2 Å². The molecule has 0 bridgehead atoms. The quantitative estimate of drug-likeness (QED) is 0.480. The maximum absolute atomic E-state index is 14.0. The van der Waals surface area contributed by atoms with Crippen LogP contribution in [0.5, 0.6) is 0 Å². The summed E-state index contributed by atoms with van der Waals surface area (Å²) in [5.74, 6) is -1.42. The maximum Gasteiger partial charge on any atom is 0.345 e. The van der Waals surface area contributed by atoms with E-state index in [1.165, 1.54) is 17.4 Å². The minimum atomic E-state index is -0.714. The van der Waals surface area contributed by atoms with E-state index in [-0.39, 0.29) is 22.6 Å². The summed E-state index contributed by atoms with van der Waals surface area (Å²) in [7, 11) is 0. The van der Waals surface area contributed by atoms with Crippen molar-refractivity contribution in [3.05, 3.63) is 63.0 Å². The van der Waals surface area contributed by atoms with Gasteiger partial charge >= 0.3 is 5.97 Å². The number of carbonyl (C=O) groups is 1. The highest BCUT2D eigenvalue weighted by molar-refractivity contribution is 7.24. The average molecular weight is 376 g/mol. The van der Waals surface area contributed by atoms with Crippen LogP contribution in [0.15, 0.2) is 41.2 Å². The van der Waals surface area contributed by atoms with Gasteiger partial charge in [0.15, 0.2) is 0 Å². The van der Waals surface area contributed by atoms with E-state index in [0.717, 1.165) is 16.3 Å². The number of esters is 1. The highest BCUT2D eigenvalue weighted by atomic mass is 35.5. The van der Waals surface area contributed by atoms with Crippen molar-refractivity contribution in [1.82, 2.24) is 4.40 Å². The molecule has 2 aromatic carbocycles. The summed E-state index contributed by atoms with van der Waals surface area (Å²) in [4.78, 5) is 25.7. The minimum Gasteiger partial charge on any atom is -0.462 e. The monoisotopic (exact) mass is 375 g/mol. The Balaban J connectivity index is 2.31. The Hall–Kier alpha value is -2.44. The van der Waals surface area contributed by atoms with Gasteiger partial charge in [-0.2, -0.15) is 0 Å². The number of hydrogen-bond donors (Lipinski definition) is 0. The number of pyridine rings is 1. The van der Waals surface area contributed by atoms with Crippen molar-refractivity contribution in [2.24, 2.45) is 0 Å². The molecule has 0 aliphatic rings. The van der Waals surface area contributed by atoms with Gasteiger partial charge in [0.05, 0.1) is 32.7 Å². The van der Waals surface area contributed by atoms with Gasteiger partial charge in [-0.15, -0.1) is 11.3 Å². The SMILES string of the molecule is CCOC(=O)c1c(=O)c2cc(F)c(Cl)cc2n2c1sc1ccccc12. The molecule has 0 atom stereocenters. The Labute approximate surface area is 150 Å². The number of hydrogen-bond acceptors (Lipinski definition) is 4. The Morgan fingerprint density at radius 1 is 1.28 bits per heavy atom. The van der Waals surface area contributed by atoms with Crippen LogP contribution >= 0.6 is 22.9 Å². The first-order valence-electron chi connectivity index (χ1n) is 7.55. The van der Waals surface area contributed by atoms with Gasteiger partial charge in [-0.1, -0.05) is 23.7 Å². The van der Waals surface area contributed by atoms with Crippen LogP contribution < -0.4 is 5.43 Å². The van der Waals surface area contributed by atoms with Crippen molar-refractivity contribution < 1.29 is 13.9 Å². The Morgan fingerprint density at radius 3 is 2.80 bits per heavy atom. The summed E-state index contributed by atoms with van der Waals surface area (Å²) in [5.41, 5.74) is 0.616. The number of halogens is 2. The second-order valence-corrected chi connectivity index (χ2v) is 6.86. The molecule has 0 aliphatic heterocycles. The Kier molecular flexibility index (Phi) is 3.74. The number of aromatic nitrogens is 1. The third-order valence-electron chi connectivity index (χ3n) is 3.96. The zero-order valence-corrected chi connectivity index (χ0v) is 14.6. The van der Waals surface area contributed by atoms with Crippen molar-refractivity contribution >= 4 is 54.9 Å². The standard InChI is InChI=1S/C18H11ClFNO3S/c1-2-24-18(23)15-16(22)9-7-11(20)10(19)8-13(9)21-12-5-3-4-6-14(12)25-17(15)21/h3-8H,2H2,1H3. The van der Waals surface area contributed by atoms with E-state index in [4.69, 9.17) is 16.3 Å². The molecule has 7 heteroatoms. The molecule has 0 aliphatic carbocycles. The second kappa shape index (κ2) is 5.82. The summed E-state index contributed by atoms with van der Waals surface area (Å²) in [6.45, 7) is 1.81. The normalized spacial score (nSPS) is 11.5. The van der Waals surface area contributed by atoms with Crippen molar-refractivity contribution in [2.75, 3.05) is 6.61 Å². The van der Waals surface area contributed by atoms with E-state index in [0.29, 0.717) is 10.3 Å². The minimum absolute atomic E-state index is 0.0835. The third-order valence-corrected chi connectivity index (χ3v) is 5.40. The zero-order valence-electron chi connectivity index (χ0n) is 13.0. The van der Waals surface area contributed by atoms with Crippen LogP contribution in [0.3, 0.4) is 0 Å². The smallest absolute Gasteiger partial charge is 0.345 e. The fourth-order valence-electron chi connectivity index (χ4n) is 2.91. The first-order chi connectivity index (χ1) is 12.0. The molecular formula is C18H11ClFNO3S. The topological polar surface area (TPSA) is 47.8 Å². The highest BCUT2D eigenvalue weighted by Crippen LogP contribution is 2.32. The van der Waals surface area contributed by atoms with Gasteiger partial charge < -0.3 is 4.74 Å². The largest absolute Gasteiger partial charge is 0.462 e. The molecule has 0 unspecified atom stereocenters. The number of carbonyl (C=O) groups excluding carboxylic acids is 1. The molecule has 0 spiro atoms. The fourth-order valence-corrected chi connectivity index (χ4v) is 4.25. The second-order valence-electron chi connectivity index (χ2n) is 5.42. The molecule has 4 nitrogen and oxygen atoms in total. The van der Waals surface area contributed by atoms with E-state index < -0.39 is 17.2 Å². The molecule has 126 valence electrons. The molecule has 2 aromatic heterocycles. The van der Waals surface area contributed by atoms with E-state index in [1.807, 2.05) is 24.3 Å². The molecule has 25 heavy (non-hydrogen) atoms. The lowest BCUT2D eigenvalue weighted by atomic mass is 10.1. The number of rotatable bonds is 2. The van der Waals surface area contributed by atoms with Gasteiger partial charge in [0.1, 0.15) is 16.2 Å². The first kappa shape index (κ1) is 16.1. The molecule has 0 saturated heterocycles. The summed E-state index contributed by atoms with van der Waals surface area (Å²) in [5, 5.41) is 0.00544. The van der Waals surface area contributed by atoms with E-state index in [2.05, 4.69) is 0 Å². The van der Waals surface area contributed by atoms with Gasteiger partial charge in [-0.25, -0.2) is 9.18 Å². The van der Waals surface area contributed by atoms with E-state index in [1.54, 1.807) is 11.3 Å². The van der Waals surface area contributed by atoms with Crippen molar-refractivity contribution in [2.45, 2.75) is 6.92 Å². The molecule has 0 N–H and O–H groups in total. The van der Waals surface area contributed by atoms with Crippen LogP contribution in [0.1, 0.15) is 17.3 Å². The summed E-state index contributed by atoms with van der Waals surface area (Å²) < 4.78 is 21.7. The number of ether oxygens (including phenoxy) is 1. The van der Waals surface area contributed by atoms with Crippen LogP contribution in [-0.4, -0.2) is 17.0 Å². The molecule has 0 fully saturated rings. The summed E-state index contributed by atoms with van der Waals surface area (Å²) >= 11 is 7.24. The Bertz CT molecular complexity index is 1230. The predicted molar refractivity (Wildman–Crippen MR) is 97.5 cm³/mol. The molecule has 4 rings (SSSR count). The number of fused-ring (bicyclic) bond motifs is 5. The van der Waals surface area contributed by atoms with Crippen LogP contribution in [0, 0.1) is 5.82 Å². The third kappa shape index (κ3) is 2.33. The van der Waals surface area contributed by atoms with Gasteiger partial charge in [-0.3, -0.25) is 9.20 Å². The molecule has 0 amide bonds. The molecule has 0 radical (unpaired) electrons. The first-order valence-corrected chi connectivity index (χ1v) is 8.74. The molecule has 4 aromatic rings. The van der Waals surface area contributed by atoms with Crippen LogP contribution in [-0.2, 0) is 4.74 Å². The van der Waals surface area contributed by atoms with Gasteiger partial charge in [0.25, 0.3) is 0 Å². The van der Waals surface area contributed by atoms with Gasteiger partial charge in [0.2, 0.25) is 5.43 Å². The number of para-hydroxylation sites is 1.